The number of fused-ring (bicyclic) bond motifs is 1. The average Bonchev–Trinajstić information content (AvgIpc) is 3.18. The lowest BCUT2D eigenvalue weighted by Gasteiger charge is -2.08. The predicted octanol–water partition coefficient (Wildman–Crippen LogP) is 3.27. The number of carbonyl (C=O) groups excluding carboxylic acids is 1. The van der Waals surface area contributed by atoms with Gasteiger partial charge in [0.15, 0.2) is 5.66 Å². The van der Waals surface area contributed by atoms with E-state index in [1.807, 2.05) is 18.2 Å². The van der Waals surface area contributed by atoms with Gasteiger partial charge < -0.3 is 5.32 Å². The molecule has 0 spiro atoms. The molecule has 0 fully saturated rings. The summed E-state index contributed by atoms with van der Waals surface area (Å²) in [6.45, 7) is 0.533. The lowest BCUT2D eigenvalue weighted by atomic mass is 10.0. The molecule has 0 aromatic carbocycles. The summed E-state index contributed by atoms with van der Waals surface area (Å²) in [5.74, 6) is 2.60. The highest BCUT2D eigenvalue weighted by atomic mass is 32.1. The van der Waals surface area contributed by atoms with Crippen molar-refractivity contribution >= 4 is 27.5 Å². The van der Waals surface area contributed by atoms with E-state index >= 15 is 0 Å². The van der Waals surface area contributed by atoms with Crippen LogP contribution in [-0.2, 0) is 11.3 Å². The zero-order valence-corrected chi connectivity index (χ0v) is 12.9. The first-order valence-electron chi connectivity index (χ1n) is 7.18. The number of nitrogens with zero attached hydrogens (tertiary/aromatic N) is 3. The molecule has 5 nitrogen and oxygen atoms in total. The molecule has 3 rings (SSSR count). The van der Waals surface area contributed by atoms with Gasteiger partial charge in [0, 0.05) is 36.8 Å². The Kier molecular flexibility index (Phi) is 4.16. The molecular weight excluding hydrogens is 296 g/mol. The zero-order chi connectivity index (χ0) is 15.4. The van der Waals surface area contributed by atoms with Crippen molar-refractivity contribution in [3.05, 3.63) is 29.3 Å². The van der Waals surface area contributed by atoms with Crippen LogP contribution in [0.15, 0.2) is 34.6 Å². The number of hydrogen-bond donors (Lipinski definition) is 1. The first kappa shape index (κ1) is 14.7. The van der Waals surface area contributed by atoms with Gasteiger partial charge in [0.2, 0.25) is 5.91 Å². The van der Waals surface area contributed by atoms with E-state index in [0.717, 1.165) is 21.5 Å². The predicted molar refractivity (Wildman–Crippen MR) is 86.4 cm³/mol. The van der Waals surface area contributed by atoms with Crippen molar-refractivity contribution in [3.8, 4) is 12.3 Å². The molecule has 22 heavy (non-hydrogen) atoms. The van der Waals surface area contributed by atoms with Crippen LogP contribution in [0, 0.1) is 12.3 Å². The minimum Gasteiger partial charge on any atom is -0.351 e. The maximum Gasteiger partial charge on any atom is 0.220 e. The van der Waals surface area contributed by atoms with Gasteiger partial charge in [-0.2, -0.15) is 10.2 Å². The van der Waals surface area contributed by atoms with Crippen LogP contribution in [-0.4, -0.2) is 16.6 Å². The lowest BCUT2D eigenvalue weighted by Crippen LogP contribution is -2.24. The summed E-state index contributed by atoms with van der Waals surface area (Å²) in [4.78, 5) is 17.3. The fraction of sp³-hybridized carbons (Fsp3) is 0.375. The fourth-order valence-corrected chi connectivity index (χ4v) is 3.22. The van der Waals surface area contributed by atoms with Crippen molar-refractivity contribution in [2.24, 2.45) is 10.2 Å². The molecule has 0 radical (unpaired) electrons. The summed E-state index contributed by atoms with van der Waals surface area (Å²) in [6, 6.07) is 5.96. The van der Waals surface area contributed by atoms with E-state index in [-0.39, 0.29) is 11.6 Å². The molecule has 0 unspecified atom stereocenters. The highest BCUT2D eigenvalue weighted by molar-refractivity contribution is 7.19. The zero-order valence-electron chi connectivity index (χ0n) is 12.1. The van der Waals surface area contributed by atoms with Crippen LogP contribution < -0.4 is 5.32 Å². The molecule has 1 N–H and O–H groups in total. The molecule has 112 valence electrons. The Morgan fingerprint density at radius 2 is 2.27 bits per heavy atom. The fourth-order valence-electron chi connectivity index (χ4n) is 2.26. The van der Waals surface area contributed by atoms with Gasteiger partial charge in [0.05, 0.1) is 16.8 Å². The molecule has 2 aromatic rings. The summed E-state index contributed by atoms with van der Waals surface area (Å²) in [5, 5.41) is 11.0. The Bertz CT molecular complexity index is 720. The quantitative estimate of drug-likeness (QED) is 0.797. The van der Waals surface area contributed by atoms with Crippen molar-refractivity contribution in [3.63, 3.8) is 0 Å². The Morgan fingerprint density at radius 3 is 3.00 bits per heavy atom. The van der Waals surface area contributed by atoms with Gasteiger partial charge in [-0.3, -0.25) is 9.78 Å². The first-order chi connectivity index (χ1) is 10.7. The monoisotopic (exact) mass is 312 g/mol. The minimum absolute atomic E-state index is 0.0165. The van der Waals surface area contributed by atoms with E-state index in [9.17, 15) is 4.79 Å². The van der Waals surface area contributed by atoms with Crippen LogP contribution in [0.2, 0.25) is 0 Å². The summed E-state index contributed by atoms with van der Waals surface area (Å²) in [7, 11) is 0. The second kappa shape index (κ2) is 6.24. The van der Waals surface area contributed by atoms with E-state index < -0.39 is 0 Å². The average molecular weight is 312 g/mol. The van der Waals surface area contributed by atoms with E-state index in [4.69, 9.17) is 6.42 Å². The normalized spacial score (nSPS) is 14.7. The maximum atomic E-state index is 11.9. The van der Waals surface area contributed by atoms with Gasteiger partial charge >= 0.3 is 0 Å². The number of nitrogens with one attached hydrogen (secondary N) is 1. The van der Waals surface area contributed by atoms with Crippen molar-refractivity contribution < 1.29 is 4.79 Å². The summed E-state index contributed by atoms with van der Waals surface area (Å²) >= 11 is 1.65. The standard InChI is InChI=1S/C16H16N4OS/c1-2-3-7-16(19-20-16)8-6-15(21)18-11-12-10-13-14(22-12)5-4-9-17-13/h1,4-5,9-10H,3,6-8,11H2,(H,18,21). The second-order valence-electron chi connectivity index (χ2n) is 5.26. The number of carbonyl (C=O) groups is 1. The van der Waals surface area contributed by atoms with Crippen LogP contribution in [0.4, 0.5) is 0 Å². The van der Waals surface area contributed by atoms with Gasteiger partial charge in [-0.15, -0.1) is 23.7 Å². The second-order valence-corrected chi connectivity index (χ2v) is 6.43. The van der Waals surface area contributed by atoms with Gasteiger partial charge in [-0.1, -0.05) is 0 Å². The Labute approximate surface area is 132 Å². The molecule has 1 amide bonds. The molecule has 0 bridgehead atoms. The van der Waals surface area contributed by atoms with Crippen LogP contribution in [0.25, 0.3) is 10.2 Å². The third-order valence-electron chi connectivity index (χ3n) is 3.60. The smallest absolute Gasteiger partial charge is 0.220 e. The van der Waals surface area contributed by atoms with Crippen molar-refractivity contribution in [2.45, 2.75) is 37.9 Å². The van der Waals surface area contributed by atoms with Crippen LogP contribution in [0.1, 0.15) is 30.6 Å². The third-order valence-corrected chi connectivity index (χ3v) is 4.69. The van der Waals surface area contributed by atoms with E-state index in [2.05, 4.69) is 26.4 Å². The Morgan fingerprint density at radius 1 is 1.41 bits per heavy atom. The molecule has 2 aromatic heterocycles. The first-order valence-corrected chi connectivity index (χ1v) is 8.00. The highest BCUT2D eigenvalue weighted by Crippen LogP contribution is 2.37. The van der Waals surface area contributed by atoms with E-state index in [0.29, 0.717) is 25.8 Å². The van der Waals surface area contributed by atoms with Crippen LogP contribution in [0.3, 0.4) is 0 Å². The molecule has 1 aliphatic rings. The van der Waals surface area contributed by atoms with Gasteiger partial charge in [-0.05, 0) is 18.2 Å². The van der Waals surface area contributed by atoms with Crippen LogP contribution in [0.5, 0.6) is 0 Å². The Balaban J connectivity index is 1.45. The van der Waals surface area contributed by atoms with Crippen molar-refractivity contribution in [1.29, 1.82) is 0 Å². The van der Waals surface area contributed by atoms with Crippen LogP contribution >= 0.6 is 11.3 Å². The molecule has 0 saturated heterocycles. The number of rotatable bonds is 7. The number of hydrogen-bond acceptors (Lipinski definition) is 5. The molecular formula is C16H16N4OS. The maximum absolute atomic E-state index is 11.9. The number of aromatic nitrogens is 1. The topological polar surface area (TPSA) is 66.7 Å². The number of pyridine rings is 1. The number of amides is 1. The number of terminal acetylenes is 1. The van der Waals surface area contributed by atoms with Gasteiger partial charge in [0.1, 0.15) is 0 Å². The summed E-state index contributed by atoms with van der Waals surface area (Å²) < 4.78 is 1.13. The van der Waals surface area contributed by atoms with E-state index in [1.54, 1.807) is 17.5 Å². The van der Waals surface area contributed by atoms with Gasteiger partial charge in [0.25, 0.3) is 0 Å². The Hall–Kier alpha value is -2.26. The minimum atomic E-state index is -0.384. The molecule has 0 aliphatic carbocycles. The molecule has 1 aliphatic heterocycles. The van der Waals surface area contributed by atoms with Gasteiger partial charge in [-0.25, -0.2) is 0 Å². The SMILES string of the molecule is C#CCCC1(CCC(=O)NCc2cc3ncccc3s2)N=N1. The summed E-state index contributed by atoms with van der Waals surface area (Å²) in [6.07, 6.45) is 9.45. The largest absolute Gasteiger partial charge is 0.351 e. The van der Waals surface area contributed by atoms with Crippen molar-refractivity contribution in [2.75, 3.05) is 0 Å². The van der Waals surface area contributed by atoms with E-state index in [1.165, 1.54) is 0 Å². The molecule has 6 heteroatoms. The summed E-state index contributed by atoms with van der Waals surface area (Å²) in [5.41, 5.74) is 0.589. The lowest BCUT2D eigenvalue weighted by molar-refractivity contribution is -0.121. The molecule has 0 atom stereocenters. The number of thiophene rings is 1. The van der Waals surface area contributed by atoms with Crippen molar-refractivity contribution in [1.82, 2.24) is 10.3 Å². The molecule has 3 heterocycles. The highest BCUT2D eigenvalue weighted by Gasteiger charge is 2.39. The third kappa shape index (κ3) is 3.49. The molecule has 0 saturated carbocycles.